The second-order valence-electron chi connectivity index (χ2n) is 4.81. The van der Waals surface area contributed by atoms with Crippen LogP contribution in [-0.2, 0) is 4.79 Å². The number of carboxylic acid groups (broad SMARTS) is 1. The van der Waals surface area contributed by atoms with Gasteiger partial charge in [-0.3, -0.25) is 14.6 Å². The van der Waals surface area contributed by atoms with Crippen molar-refractivity contribution in [3.05, 3.63) is 24.0 Å². The summed E-state index contributed by atoms with van der Waals surface area (Å²) in [7, 11) is 0. The lowest BCUT2D eigenvalue weighted by Crippen LogP contribution is -2.24. The smallest absolute Gasteiger partial charge is 0.306 e. The fraction of sp³-hybridized carbons (Fsp3) is 0.462. The number of pyridine rings is 1. The van der Waals surface area contributed by atoms with Crippen LogP contribution >= 0.6 is 0 Å². The van der Waals surface area contributed by atoms with E-state index in [-0.39, 0.29) is 17.5 Å². The number of nitrogens with two attached hydrogens (primary N) is 1. The average Bonchev–Trinajstić information content (AvgIpc) is 2.85. The highest BCUT2D eigenvalue weighted by Crippen LogP contribution is 2.32. The average molecular weight is 263 g/mol. The Morgan fingerprint density at radius 1 is 1.47 bits per heavy atom. The summed E-state index contributed by atoms with van der Waals surface area (Å²) in [6.07, 6.45) is 4.11. The van der Waals surface area contributed by atoms with E-state index in [4.69, 9.17) is 10.8 Å². The fourth-order valence-electron chi connectivity index (χ4n) is 2.53. The van der Waals surface area contributed by atoms with Crippen LogP contribution in [-0.4, -0.2) is 28.5 Å². The summed E-state index contributed by atoms with van der Waals surface area (Å²) in [6, 6.07) is 3.31. The summed E-state index contributed by atoms with van der Waals surface area (Å²) in [5, 5.41) is 12.3. The van der Waals surface area contributed by atoms with Crippen molar-refractivity contribution in [3.63, 3.8) is 0 Å². The number of carbonyl (C=O) groups is 2. The summed E-state index contributed by atoms with van der Waals surface area (Å²) in [6.45, 7) is 0.583. The number of aromatic nitrogens is 1. The first-order chi connectivity index (χ1) is 9.08. The van der Waals surface area contributed by atoms with Gasteiger partial charge >= 0.3 is 5.97 Å². The second kappa shape index (κ2) is 5.69. The minimum absolute atomic E-state index is 0.127. The molecular weight excluding hydrogens is 246 g/mol. The van der Waals surface area contributed by atoms with Gasteiger partial charge < -0.3 is 16.2 Å². The van der Waals surface area contributed by atoms with Crippen molar-refractivity contribution in [1.29, 1.82) is 0 Å². The zero-order chi connectivity index (χ0) is 13.8. The lowest BCUT2D eigenvalue weighted by Gasteiger charge is -2.17. The minimum atomic E-state index is -0.725. The number of nitrogens with zero attached hydrogens (tertiary/aromatic N) is 1. The van der Waals surface area contributed by atoms with Crippen LogP contribution in [0, 0.1) is 11.8 Å². The normalized spacial score (nSPS) is 22.1. The number of aliphatic carboxylic acids is 1. The van der Waals surface area contributed by atoms with Crippen LogP contribution in [0.25, 0.3) is 0 Å². The van der Waals surface area contributed by atoms with Crippen LogP contribution in [0.5, 0.6) is 0 Å². The van der Waals surface area contributed by atoms with Crippen LogP contribution in [0.2, 0.25) is 0 Å². The molecule has 19 heavy (non-hydrogen) atoms. The predicted octanol–water partition coefficient (Wildman–Crippen LogP) is 1.09. The highest BCUT2D eigenvalue weighted by Gasteiger charge is 2.32. The van der Waals surface area contributed by atoms with Crippen molar-refractivity contribution in [1.82, 2.24) is 4.98 Å². The Bertz CT molecular complexity index is 490. The zero-order valence-electron chi connectivity index (χ0n) is 10.5. The molecule has 1 heterocycles. The molecule has 2 unspecified atom stereocenters. The number of carbonyl (C=O) groups excluding carboxylic acids is 1. The van der Waals surface area contributed by atoms with Crippen molar-refractivity contribution in [3.8, 4) is 0 Å². The lowest BCUT2D eigenvalue weighted by molar-refractivity contribution is -0.142. The monoisotopic (exact) mass is 263 g/mol. The molecule has 1 aromatic rings. The van der Waals surface area contributed by atoms with Gasteiger partial charge in [0, 0.05) is 18.4 Å². The molecule has 6 heteroatoms. The number of primary amides is 1. The van der Waals surface area contributed by atoms with Gasteiger partial charge in [-0.2, -0.15) is 0 Å². The summed E-state index contributed by atoms with van der Waals surface area (Å²) in [5.74, 6) is -1.45. The summed E-state index contributed by atoms with van der Waals surface area (Å²) in [4.78, 5) is 25.9. The largest absolute Gasteiger partial charge is 0.481 e. The third kappa shape index (κ3) is 3.21. The molecule has 102 valence electrons. The quantitative estimate of drug-likeness (QED) is 0.737. The summed E-state index contributed by atoms with van der Waals surface area (Å²) in [5.41, 5.74) is 6.09. The molecule has 1 amide bonds. The molecule has 0 aromatic carbocycles. The number of hydrogen-bond acceptors (Lipinski definition) is 4. The van der Waals surface area contributed by atoms with E-state index in [1.165, 1.54) is 6.20 Å². The van der Waals surface area contributed by atoms with Crippen LogP contribution in [0.1, 0.15) is 29.8 Å². The molecule has 1 aliphatic carbocycles. The molecule has 1 saturated carbocycles. The summed E-state index contributed by atoms with van der Waals surface area (Å²) >= 11 is 0. The van der Waals surface area contributed by atoms with Crippen molar-refractivity contribution in [2.24, 2.45) is 17.6 Å². The van der Waals surface area contributed by atoms with E-state index in [2.05, 4.69) is 10.3 Å². The molecule has 0 bridgehead atoms. The third-order valence-corrected chi connectivity index (χ3v) is 3.56. The Labute approximate surface area is 111 Å². The molecule has 6 nitrogen and oxygen atoms in total. The van der Waals surface area contributed by atoms with Crippen molar-refractivity contribution in [2.45, 2.75) is 19.3 Å². The van der Waals surface area contributed by atoms with Gasteiger partial charge in [0.2, 0.25) is 0 Å². The fourth-order valence-corrected chi connectivity index (χ4v) is 2.53. The molecule has 2 atom stereocenters. The van der Waals surface area contributed by atoms with E-state index in [1.54, 1.807) is 12.1 Å². The lowest BCUT2D eigenvalue weighted by atomic mass is 9.96. The molecular formula is C13H17N3O3. The molecule has 0 spiro atoms. The molecule has 2 rings (SSSR count). The molecule has 0 aliphatic heterocycles. The molecule has 0 radical (unpaired) electrons. The first-order valence-electron chi connectivity index (χ1n) is 6.30. The van der Waals surface area contributed by atoms with E-state index >= 15 is 0 Å². The minimum Gasteiger partial charge on any atom is -0.481 e. The van der Waals surface area contributed by atoms with Gasteiger partial charge in [0.15, 0.2) is 0 Å². The van der Waals surface area contributed by atoms with E-state index in [9.17, 15) is 9.59 Å². The molecule has 1 aromatic heterocycles. The van der Waals surface area contributed by atoms with Gasteiger partial charge in [0.1, 0.15) is 5.69 Å². The molecule has 4 N–H and O–H groups in total. The van der Waals surface area contributed by atoms with Crippen molar-refractivity contribution in [2.75, 3.05) is 11.9 Å². The number of nitrogens with one attached hydrogen (secondary N) is 1. The third-order valence-electron chi connectivity index (χ3n) is 3.56. The highest BCUT2D eigenvalue weighted by molar-refractivity contribution is 5.91. The van der Waals surface area contributed by atoms with Gasteiger partial charge in [-0.25, -0.2) is 0 Å². The number of anilines is 1. The topological polar surface area (TPSA) is 105 Å². The maximum absolute atomic E-state index is 11.1. The number of amides is 1. The first-order valence-corrected chi connectivity index (χ1v) is 6.30. The Morgan fingerprint density at radius 3 is 2.95 bits per heavy atom. The van der Waals surface area contributed by atoms with Gasteiger partial charge in [-0.05, 0) is 30.9 Å². The van der Waals surface area contributed by atoms with E-state index in [0.717, 1.165) is 24.9 Å². The maximum Gasteiger partial charge on any atom is 0.306 e. The second-order valence-corrected chi connectivity index (χ2v) is 4.81. The Morgan fingerprint density at radius 2 is 2.26 bits per heavy atom. The Hall–Kier alpha value is -2.11. The predicted molar refractivity (Wildman–Crippen MR) is 69.7 cm³/mol. The Kier molecular flexibility index (Phi) is 3.99. The van der Waals surface area contributed by atoms with Crippen LogP contribution in [0.4, 0.5) is 5.69 Å². The maximum atomic E-state index is 11.1. The summed E-state index contributed by atoms with van der Waals surface area (Å²) < 4.78 is 0. The zero-order valence-corrected chi connectivity index (χ0v) is 10.5. The number of rotatable bonds is 5. The number of carboxylic acids is 1. The van der Waals surface area contributed by atoms with Gasteiger partial charge in [0.25, 0.3) is 5.91 Å². The van der Waals surface area contributed by atoms with Crippen molar-refractivity contribution >= 4 is 17.6 Å². The van der Waals surface area contributed by atoms with E-state index < -0.39 is 11.9 Å². The van der Waals surface area contributed by atoms with E-state index in [1.807, 2.05) is 0 Å². The highest BCUT2D eigenvalue weighted by atomic mass is 16.4. The Balaban J connectivity index is 1.97. The van der Waals surface area contributed by atoms with Crippen LogP contribution in [0.15, 0.2) is 18.3 Å². The SMILES string of the molecule is NC(=O)c1cc(NCC2CCCC2C(=O)O)ccn1. The standard InChI is InChI=1S/C13H17N3O3/c14-12(17)11-6-9(4-5-15-11)16-7-8-2-1-3-10(8)13(18)19/h4-6,8,10H,1-3,7H2,(H2,14,17)(H,15,16)(H,18,19). The number of hydrogen-bond donors (Lipinski definition) is 3. The molecule has 1 aliphatic rings. The van der Waals surface area contributed by atoms with Crippen LogP contribution < -0.4 is 11.1 Å². The van der Waals surface area contributed by atoms with Gasteiger partial charge in [-0.1, -0.05) is 6.42 Å². The van der Waals surface area contributed by atoms with Crippen molar-refractivity contribution < 1.29 is 14.7 Å². The van der Waals surface area contributed by atoms with Gasteiger partial charge in [-0.15, -0.1) is 0 Å². The molecule has 1 fully saturated rings. The van der Waals surface area contributed by atoms with E-state index in [0.29, 0.717) is 6.54 Å². The molecule has 0 saturated heterocycles. The van der Waals surface area contributed by atoms with Crippen LogP contribution in [0.3, 0.4) is 0 Å². The van der Waals surface area contributed by atoms with Gasteiger partial charge in [0.05, 0.1) is 5.92 Å². The first kappa shape index (κ1) is 13.3.